The van der Waals surface area contributed by atoms with Crippen LogP contribution in [0, 0.1) is 0 Å². The fourth-order valence-electron chi connectivity index (χ4n) is 1.60. The molecule has 0 radical (unpaired) electrons. The SMILES string of the molecule is COC(=O)C1C(O)CCCN1C. The van der Waals surface area contributed by atoms with Gasteiger partial charge in [-0.1, -0.05) is 0 Å². The van der Waals surface area contributed by atoms with Crippen molar-refractivity contribution in [2.75, 3.05) is 20.7 Å². The molecule has 0 aromatic carbocycles. The monoisotopic (exact) mass is 173 g/mol. The number of esters is 1. The van der Waals surface area contributed by atoms with E-state index in [-0.39, 0.29) is 5.97 Å². The van der Waals surface area contributed by atoms with Crippen molar-refractivity contribution < 1.29 is 14.6 Å². The molecule has 1 rings (SSSR count). The van der Waals surface area contributed by atoms with E-state index < -0.39 is 12.1 Å². The van der Waals surface area contributed by atoms with Crippen molar-refractivity contribution in [3.8, 4) is 0 Å². The van der Waals surface area contributed by atoms with Gasteiger partial charge in [-0.2, -0.15) is 0 Å². The first-order valence-electron chi connectivity index (χ1n) is 4.13. The molecule has 1 heterocycles. The maximum Gasteiger partial charge on any atom is 0.325 e. The Morgan fingerprint density at radius 3 is 2.83 bits per heavy atom. The summed E-state index contributed by atoms with van der Waals surface area (Å²) in [5, 5.41) is 9.50. The zero-order chi connectivity index (χ0) is 9.14. The van der Waals surface area contributed by atoms with Crippen molar-refractivity contribution in [2.45, 2.75) is 25.0 Å². The number of nitrogens with zero attached hydrogens (tertiary/aromatic N) is 1. The number of likely N-dealkylation sites (N-methyl/N-ethyl adjacent to an activating group) is 1. The average Bonchev–Trinajstić information content (AvgIpc) is 2.03. The van der Waals surface area contributed by atoms with Gasteiger partial charge in [0.25, 0.3) is 0 Å². The van der Waals surface area contributed by atoms with Crippen molar-refractivity contribution in [2.24, 2.45) is 0 Å². The van der Waals surface area contributed by atoms with Crippen LogP contribution in [-0.2, 0) is 9.53 Å². The highest BCUT2D eigenvalue weighted by molar-refractivity contribution is 5.76. The third-order valence-corrected chi connectivity index (χ3v) is 2.29. The molecule has 1 N–H and O–H groups in total. The van der Waals surface area contributed by atoms with Crippen molar-refractivity contribution in [3.63, 3.8) is 0 Å². The van der Waals surface area contributed by atoms with E-state index in [1.54, 1.807) is 0 Å². The summed E-state index contributed by atoms with van der Waals surface area (Å²) in [6, 6.07) is -0.469. The van der Waals surface area contributed by atoms with E-state index in [4.69, 9.17) is 0 Å². The normalized spacial score (nSPS) is 31.6. The fraction of sp³-hybridized carbons (Fsp3) is 0.875. The lowest BCUT2D eigenvalue weighted by Crippen LogP contribution is -2.51. The van der Waals surface area contributed by atoms with Crippen LogP contribution in [0.25, 0.3) is 0 Å². The summed E-state index contributed by atoms with van der Waals surface area (Å²) < 4.78 is 4.59. The number of aliphatic hydroxyl groups excluding tert-OH is 1. The van der Waals surface area contributed by atoms with Crippen LogP contribution in [0.15, 0.2) is 0 Å². The number of carbonyl (C=O) groups is 1. The quantitative estimate of drug-likeness (QED) is 0.549. The Balaban J connectivity index is 2.62. The molecule has 2 atom stereocenters. The molecule has 12 heavy (non-hydrogen) atoms. The summed E-state index contributed by atoms with van der Waals surface area (Å²) >= 11 is 0. The van der Waals surface area contributed by atoms with Crippen LogP contribution in [0.3, 0.4) is 0 Å². The van der Waals surface area contributed by atoms with Crippen LogP contribution in [-0.4, -0.2) is 48.8 Å². The second kappa shape index (κ2) is 3.87. The summed E-state index contributed by atoms with van der Waals surface area (Å²) in [6.07, 6.45) is 1.05. The minimum Gasteiger partial charge on any atom is -0.468 e. The predicted octanol–water partition coefficient (Wildman–Crippen LogP) is -0.386. The average molecular weight is 173 g/mol. The Hall–Kier alpha value is -0.610. The molecule has 1 fully saturated rings. The highest BCUT2D eigenvalue weighted by atomic mass is 16.5. The van der Waals surface area contributed by atoms with E-state index in [0.717, 1.165) is 13.0 Å². The standard InChI is InChI=1S/C8H15NO3/c1-9-5-3-4-6(10)7(9)8(11)12-2/h6-7,10H,3-5H2,1-2H3. The van der Waals surface area contributed by atoms with Gasteiger partial charge in [0.05, 0.1) is 13.2 Å². The van der Waals surface area contributed by atoms with E-state index in [9.17, 15) is 9.90 Å². The van der Waals surface area contributed by atoms with Gasteiger partial charge < -0.3 is 9.84 Å². The first-order valence-corrected chi connectivity index (χ1v) is 4.13. The molecule has 4 nitrogen and oxygen atoms in total. The van der Waals surface area contributed by atoms with Crippen molar-refractivity contribution in [1.29, 1.82) is 0 Å². The lowest BCUT2D eigenvalue weighted by Gasteiger charge is -2.34. The largest absolute Gasteiger partial charge is 0.468 e. The minimum absolute atomic E-state index is 0.343. The molecule has 0 saturated carbocycles. The molecular formula is C8H15NO3. The predicted molar refractivity (Wildman–Crippen MR) is 43.7 cm³/mol. The smallest absolute Gasteiger partial charge is 0.325 e. The van der Waals surface area contributed by atoms with Crippen molar-refractivity contribution in [3.05, 3.63) is 0 Å². The van der Waals surface area contributed by atoms with Gasteiger partial charge in [-0.25, -0.2) is 0 Å². The van der Waals surface area contributed by atoms with Crippen molar-refractivity contribution in [1.82, 2.24) is 4.90 Å². The number of rotatable bonds is 1. The maximum absolute atomic E-state index is 11.2. The van der Waals surface area contributed by atoms with Crippen molar-refractivity contribution >= 4 is 5.97 Å². The Kier molecular flexibility index (Phi) is 3.05. The lowest BCUT2D eigenvalue weighted by atomic mass is 10.00. The third kappa shape index (κ3) is 1.76. The highest BCUT2D eigenvalue weighted by Gasteiger charge is 2.34. The van der Waals surface area contributed by atoms with E-state index in [1.807, 2.05) is 11.9 Å². The van der Waals surface area contributed by atoms with Crippen LogP contribution < -0.4 is 0 Å². The molecule has 70 valence electrons. The van der Waals surface area contributed by atoms with Gasteiger partial charge in [0, 0.05) is 0 Å². The summed E-state index contributed by atoms with van der Waals surface area (Å²) in [7, 11) is 3.17. The van der Waals surface area contributed by atoms with Crippen LogP contribution in [0.4, 0.5) is 0 Å². The zero-order valence-corrected chi connectivity index (χ0v) is 7.49. The molecule has 0 amide bonds. The number of ether oxygens (including phenoxy) is 1. The van der Waals surface area contributed by atoms with E-state index in [1.165, 1.54) is 7.11 Å². The van der Waals surface area contributed by atoms with Gasteiger partial charge in [-0.05, 0) is 26.4 Å². The number of hydrogen-bond donors (Lipinski definition) is 1. The fourth-order valence-corrected chi connectivity index (χ4v) is 1.60. The second-order valence-corrected chi connectivity index (χ2v) is 3.16. The molecule has 0 aromatic rings. The van der Waals surface area contributed by atoms with Gasteiger partial charge in [0.2, 0.25) is 0 Å². The van der Waals surface area contributed by atoms with Crippen LogP contribution in [0.1, 0.15) is 12.8 Å². The summed E-state index contributed by atoms with van der Waals surface area (Å²) in [5.41, 5.74) is 0. The van der Waals surface area contributed by atoms with Gasteiger partial charge in [0.15, 0.2) is 0 Å². The van der Waals surface area contributed by atoms with Crippen LogP contribution >= 0.6 is 0 Å². The molecule has 2 unspecified atom stereocenters. The molecule has 0 spiro atoms. The molecule has 0 aliphatic carbocycles. The topological polar surface area (TPSA) is 49.8 Å². The summed E-state index contributed by atoms with van der Waals surface area (Å²) in [4.78, 5) is 13.0. The van der Waals surface area contributed by atoms with Crippen LogP contribution in [0.5, 0.6) is 0 Å². The number of methoxy groups -OCH3 is 1. The first kappa shape index (κ1) is 9.48. The molecule has 0 bridgehead atoms. The maximum atomic E-state index is 11.2. The highest BCUT2D eigenvalue weighted by Crippen LogP contribution is 2.16. The Morgan fingerprint density at radius 2 is 2.33 bits per heavy atom. The zero-order valence-electron chi connectivity index (χ0n) is 7.49. The van der Waals surface area contributed by atoms with E-state index in [0.29, 0.717) is 6.42 Å². The number of hydrogen-bond acceptors (Lipinski definition) is 4. The minimum atomic E-state index is -0.573. The molecule has 1 saturated heterocycles. The Bertz CT molecular complexity index is 162. The number of likely N-dealkylation sites (tertiary alicyclic amines) is 1. The summed E-state index contributed by atoms with van der Waals surface area (Å²) in [6.45, 7) is 0.844. The first-order chi connectivity index (χ1) is 5.66. The number of aliphatic hydroxyl groups is 1. The third-order valence-electron chi connectivity index (χ3n) is 2.29. The molecule has 0 aromatic heterocycles. The molecule has 1 aliphatic heterocycles. The van der Waals surface area contributed by atoms with Gasteiger partial charge in [0.1, 0.15) is 6.04 Å². The number of carbonyl (C=O) groups excluding carboxylic acids is 1. The molecule has 1 aliphatic rings. The Morgan fingerprint density at radius 1 is 1.67 bits per heavy atom. The number of piperidine rings is 1. The molecule has 4 heteroatoms. The van der Waals surface area contributed by atoms with Crippen LogP contribution in [0.2, 0.25) is 0 Å². The molecular weight excluding hydrogens is 158 g/mol. The Labute approximate surface area is 72.1 Å². The second-order valence-electron chi connectivity index (χ2n) is 3.16. The van der Waals surface area contributed by atoms with Gasteiger partial charge in [-0.15, -0.1) is 0 Å². The van der Waals surface area contributed by atoms with E-state index in [2.05, 4.69) is 4.74 Å². The lowest BCUT2D eigenvalue weighted by molar-refractivity contribution is -0.152. The van der Waals surface area contributed by atoms with Gasteiger partial charge >= 0.3 is 5.97 Å². The van der Waals surface area contributed by atoms with Gasteiger partial charge in [-0.3, -0.25) is 9.69 Å². The van der Waals surface area contributed by atoms with E-state index >= 15 is 0 Å². The summed E-state index contributed by atoms with van der Waals surface area (Å²) in [5.74, 6) is -0.343.